The minimum Gasteiger partial charge on any atom is -0.457 e. The minimum atomic E-state index is -0.153. The Morgan fingerprint density at radius 3 is 3.00 bits per heavy atom. The number of benzene rings is 1. The topological polar surface area (TPSA) is 64.4 Å². The van der Waals surface area contributed by atoms with Gasteiger partial charge < -0.3 is 14.5 Å². The molecule has 2 aromatic heterocycles. The number of para-hydroxylation sites is 1. The molecule has 0 fully saturated rings. The number of ether oxygens (including phenoxy) is 1. The average molecular weight is 316 g/mol. The third-order valence-electron chi connectivity index (χ3n) is 3.06. The summed E-state index contributed by atoms with van der Waals surface area (Å²) < 4.78 is 11.9. The lowest BCUT2D eigenvalue weighted by molar-refractivity contribution is -0.125. The van der Waals surface area contributed by atoms with Gasteiger partial charge in [-0.15, -0.1) is 11.3 Å². The zero-order chi connectivity index (χ0) is 15.4. The Morgan fingerprint density at radius 1 is 1.32 bits per heavy atom. The lowest BCUT2D eigenvalue weighted by atomic mass is 10.3. The van der Waals surface area contributed by atoms with E-state index in [0.717, 1.165) is 21.0 Å². The fraction of sp³-hybridized carbons (Fsp3) is 0.250. The maximum absolute atomic E-state index is 11.5. The van der Waals surface area contributed by atoms with Crippen LogP contribution in [-0.4, -0.2) is 24.1 Å². The number of carbonyl (C=O) groups is 1. The number of carbonyl (C=O) groups excluding carboxylic acids is 1. The van der Waals surface area contributed by atoms with Gasteiger partial charge in [-0.25, -0.2) is 4.98 Å². The Balaban J connectivity index is 1.67. The number of furan rings is 1. The highest BCUT2D eigenvalue weighted by atomic mass is 32.1. The van der Waals surface area contributed by atoms with Crippen molar-refractivity contribution in [3.05, 3.63) is 42.2 Å². The van der Waals surface area contributed by atoms with Crippen molar-refractivity contribution in [2.75, 3.05) is 13.2 Å². The summed E-state index contributed by atoms with van der Waals surface area (Å²) in [6.07, 6.45) is 0. The first-order valence-corrected chi connectivity index (χ1v) is 7.87. The van der Waals surface area contributed by atoms with Crippen LogP contribution >= 0.6 is 11.3 Å². The second-order valence-electron chi connectivity index (χ2n) is 4.67. The van der Waals surface area contributed by atoms with E-state index in [4.69, 9.17) is 9.15 Å². The molecule has 0 aliphatic heterocycles. The summed E-state index contributed by atoms with van der Waals surface area (Å²) in [4.78, 5) is 16.0. The summed E-state index contributed by atoms with van der Waals surface area (Å²) in [5.74, 6) is 1.26. The fourth-order valence-corrected chi connectivity index (χ4v) is 2.92. The first-order valence-electron chi connectivity index (χ1n) is 7.05. The molecule has 0 aliphatic carbocycles. The first kappa shape index (κ1) is 14.7. The van der Waals surface area contributed by atoms with Gasteiger partial charge in [0.05, 0.1) is 16.8 Å². The number of thiazole rings is 1. The van der Waals surface area contributed by atoms with E-state index in [9.17, 15) is 4.79 Å². The molecule has 0 saturated carbocycles. The van der Waals surface area contributed by atoms with Gasteiger partial charge in [0.2, 0.25) is 5.91 Å². The summed E-state index contributed by atoms with van der Waals surface area (Å²) in [6.45, 7) is 2.79. The van der Waals surface area contributed by atoms with Crippen molar-refractivity contribution in [2.45, 2.75) is 13.5 Å². The molecule has 3 rings (SSSR count). The molecule has 1 amide bonds. The molecule has 0 saturated heterocycles. The van der Waals surface area contributed by atoms with Gasteiger partial charge in [0.25, 0.3) is 0 Å². The zero-order valence-corrected chi connectivity index (χ0v) is 13.0. The van der Waals surface area contributed by atoms with Crippen LogP contribution in [-0.2, 0) is 16.1 Å². The smallest absolute Gasteiger partial charge is 0.246 e. The van der Waals surface area contributed by atoms with Crippen LogP contribution in [0.5, 0.6) is 0 Å². The molecule has 0 bridgehead atoms. The quantitative estimate of drug-likeness (QED) is 0.758. The van der Waals surface area contributed by atoms with Crippen LogP contribution < -0.4 is 5.32 Å². The molecule has 1 N–H and O–H groups in total. The maximum Gasteiger partial charge on any atom is 0.246 e. The van der Waals surface area contributed by atoms with Gasteiger partial charge in [0, 0.05) is 6.61 Å². The number of nitrogens with zero attached hydrogens (tertiary/aromatic N) is 1. The standard InChI is InChI=1S/C16H16N2O3S/c1-2-20-10-15(19)17-9-11-7-8-13(21-11)16-18-12-5-3-4-6-14(12)22-16/h3-8H,2,9-10H2,1H3,(H,17,19). The molecule has 0 spiro atoms. The van der Waals surface area contributed by atoms with Gasteiger partial charge in [-0.1, -0.05) is 12.1 Å². The van der Waals surface area contributed by atoms with Gasteiger partial charge in [0.1, 0.15) is 12.4 Å². The minimum absolute atomic E-state index is 0.0714. The van der Waals surface area contributed by atoms with Gasteiger partial charge in [0.15, 0.2) is 10.8 Å². The first-order chi connectivity index (χ1) is 10.8. The Hall–Kier alpha value is -2.18. The van der Waals surface area contributed by atoms with Crippen LogP contribution in [0, 0.1) is 0 Å². The van der Waals surface area contributed by atoms with E-state index in [1.54, 1.807) is 11.3 Å². The Kier molecular flexibility index (Phi) is 4.50. The van der Waals surface area contributed by atoms with E-state index in [1.165, 1.54) is 0 Å². The number of rotatable bonds is 6. The molecule has 0 radical (unpaired) electrons. The average Bonchev–Trinajstić information content (AvgIpc) is 3.16. The number of nitrogens with one attached hydrogen (secondary N) is 1. The molecule has 0 unspecified atom stereocenters. The number of fused-ring (bicyclic) bond motifs is 1. The molecule has 114 valence electrons. The fourth-order valence-electron chi connectivity index (χ4n) is 2.00. The lowest BCUT2D eigenvalue weighted by Gasteiger charge is -2.02. The predicted molar refractivity (Wildman–Crippen MR) is 85.7 cm³/mol. The molecule has 3 aromatic rings. The molecular formula is C16H16N2O3S. The number of amides is 1. The van der Waals surface area contributed by atoms with Gasteiger partial charge in [-0.2, -0.15) is 0 Å². The molecule has 0 atom stereocenters. The molecule has 0 aliphatic rings. The molecule has 22 heavy (non-hydrogen) atoms. The van der Waals surface area contributed by atoms with Crippen molar-refractivity contribution in [3.8, 4) is 10.8 Å². The third-order valence-corrected chi connectivity index (χ3v) is 4.11. The van der Waals surface area contributed by atoms with Crippen molar-refractivity contribution in [1.29, 1.82) is 0 Å². The summed E-state index contributed by atoms with van der Waals surface area (Å²) in [5, 5.41) is 3.59. The van der Waals surface area contributed by atoms with Crippen molar-refractivity contribution < 1.29 is 13.9 Å². The number of hydrogen-bond acceptors (Lipinski definition) is 5. The molecule has 5 nitrogen and oxygen atoms in total. The summed E-state index contributed by atoms with van der Waals surface area (Å²) in [7, 11) is 0. The maximum atomic E-state index is 11.5. The van der Waals surface area contributed by atoms with E-state index < -0.39 is 0 Å². The van der Waals surface area contributed by atoms with Crippen LogP contribution in [0.25, 0.3) is 21.0 Å². The second kappa shape index (κ2) is 6.72. The van der Waals surface area contributed by atoms with Crippen LogP contribution in [0.4, 0.5) is 0 Å². The summed E-state index contributed by atoms with van der Waals surface area (Å²) in [6, 6.07) is 11.7. The Bertz CT molecular complexity index is 745. The number of aromatic nitrogens is 1. The van der Waals surface area contributed by atoms with E-state index >= 15 is 0 Å². The van der Waals surface area contributed by atoms with Gasteiger partial charge in [-0.05, 0) is 31.2 Å². The normalized spacial score (nSPS) is 11.0. The Labute approximate surface area is 131 Å². The SMILES string of the molecule is CCOCC(=O)NCc1ccc(-c2nc3ccccc3s2)o1. The molecule has 1 aromatic carbocycles. The van der Waals surface area contributed by atoms with Gasteiger partial charge in [-0.3, -0.25) is 4.79 Å². The monoisotopic (exact) mass is 316 g/mol. The van der Waals surface area contributed by atoms with Gasteiger partial charge >= 0.3 is 0 Å². The van der Waals surface area contributed by atoms with Crippen molar-refractivity contribution >= 4 is 27.5 Å². The van der Waals surface area contributed by atoms with E-state index in [-0.39, 0.29) is 12.5 Å². The molecular weight excluding hydrogens is 300 g/mol. The Morgan fingerprint density at radius 2 is 2.18 bits per heavy atom. The third kappa shape index (κ3) is 3.35. The van der Waals surface area contributed by atoms with Crippen molar-refractivity contribution in [1.82, 2.24) is 10.3 Å². The highest BCUT2D eigenvalue weighted by Gasteiger charge is 2.11. The van der Waals surface area contributed by atoms with E-state index in [0.29, 0.717) is 18.9 Å². The highest BCUT2D eigenvalue weighted by molar-refractivity contribution is 7.21. The summed E-state index contributed by atoms with van der Waals surface area (Å²) >= 11 is 1.59. The van der Waals surface area contributed by atoms with Crippen LogP contribution in [0.15, 0.2) is 40.8 Å². The van der Waals surface area contributed by atoms with Crippen molar-refractivity contribution in [3.63, 3.8) is 0 Å². The second-order valence-corrected chi connectivity index (χ2v) is 5.70. The van der Waals surface area contributed by atoms with Crippen LogP contribution in [0.3, 0.4) is 0 Å². The largest absolute Gasteiger partial charge is 0.457 e. The predicted octanol–water partition coefficient (Wildman–Crippen LogP) is 3.21. The van der Waals surface area contributed by atoms with E-state index in [2.05, 4.69) is 10.3 Å². The molecule has 6 heteroatoms. The lowest BCUT2D eigenvalue weighted by Crippen LogP contribution is -2.26. The number of hydrogen-bond donors (Lipinski definition) is 1. The van der Waals surface area contributed by atoms with Crippen LogP contribution in [0.2, 0.25) is 0 Å². The van der Waals surface area contributed by atoms with Crippen LogP contribution in [0.1, 0.15) is 12.7 Å². The molecule has 2 heterocycles. The zero-order valence-electron chi connectivity index (χ0n) is 12.2. The van der Waals surface area contributed by atoms with E-state index in [1.807, 2.05) is 43.3 Å². The summed E-state index contributed by atoms with van der Waals surface area (Å²) in [5.41, 5.74) is 0.963. The highest BCUT2D eigenvalue weighted by Crippen LogP contribution is 2.30. The van der Waals surface area contributed by atoms with Crippen molar-refractivity contribution in [2.24, 2.45) is 0 Å².